The normalized spacial score (nSPS) is 18.4. The van der Waals surface area contributed by atoms with Gasteiger partial charge in [-0.25, -0.2) is 4.79 Å². The zero-order chi connectivity index (χ0) is 24.1. The summed E-state index contributed by atoms with van der Waals surface area (Å²) in [5.41, 5.74) is 0.205. The molecule has 1 aliphatic rings. The number of aliphatic carboxylic acids is 1. The third kappa shape index (κ3) is 8.88. The molecule has 2 atom stereocenters. The average Bonchev–Trinajstić information content (AvgIpc) is 2.77. The molecule has 1 N–H and O–H groups in total. The molecule has 1 unspecified atom stereocenters. The fraction of sp³-hybridized carbons (Fsp3) is 0.423. The van der Waals surface area contributed by atoms with E-state index < -0.39 is 17.7 Å². The van der Waals surface area contributed by atoms with Crippen LogP contribution in [0.15, 0.2) is 54.3 Å². The summed E-state index contributed by atoms with van der Waals surface area (Å²) in [7, 11) is 0. The summed E-state index contributed by atoms with van der Waals surface area (Å²) >= 11 is 2.18. The van der Waals surface area contributed by atoms with E-state index in [1.54, 1.807) is 13.0 Å². The van der Waals surface area contributed by atoms with E-state index in [2.05, 4.69) is 34.4 Å². The summed E-state index contributed by atoms with van der Waals surface area (Å²) in [5.74, 6) is 6.89. The summed E-state index contributed by atoms with van der Waals surface area (Å²) in [5, 5.41) is 9.25. The van der Waals surface area contributed by atoms with Gasteiger partial charge in [-0.1, -0.05) is 24.0 Å². The second-order valence-corrected chi connectivity index (χ2v) is 8.32. The van der Waals surface area contributed by atoms with E-state index in [9.17, 15) is 9.90 Å². The number of ether oxygens (including phenoxy) is 4. The van der Waals surface area contributed by atoms with Crippen LogP contribution in [0.2, 0.25) is 0 Å². The van der Waals surface area contributed by atoms with Crippen molar-refractivity contribution in [2.45, 2.75) is 45.3 Å². The third-order valence-electron chi connectivity index (χ3n) is 4.70. The van der Waals surface area contributed by atoms with Crippen molar-refractivity contribution in [3.05, 3.63) is 63.5 Å². The standard InChI is InChI=1S/C26H31IO6/c1-4-30-21-11-10-15-26(19-21,33-6-3)14-8-7-9-16-32-23-13-12-20(17-22(23)27)18-24(25(28)29)31-5-2/h7,9-13,15,17,24H,4-6,16,18-19H2,1-3H3,(H,28,29)/b9-7+/t24-,26?/m0/s1. The Kier molecular flexibility index (Phi) is 11.5. The molecule has 1 aromatic carbocycles. The van der Waals surface area contributed by atoms with Crippen molar-refractivity contribution in [3.63, 3.8) is 0 Å². The van der Waals surface area contributed by atoms with E-state index in [4.69, 9.17) is 18.9 Å². The van der Waals surface area contributed by atoms with Gasteiger partial charge < -0.3 is 24.1 Å². The number of hydrogen-bond acceptors (Lipinski definition) is 5. The molecule has 7 heteroatoms. The number of carboxylic acids is 1. The fourth-order valence-corrected chi connectivity index (χ4v) is 4.02. The molecule has 0 saturated carbocycles. The smallest absolute Gasteiger partial charge is 0.333 e. The van der Waals surface area contributed by atoms with E-state index in [1.807, 2.05) is 56.4 Å². The summed E-state index contributed by atoms with van der Waals surface area (Å²) in [6.07, 6.45) is 9.47. The van der Waals surface area contributed by atoms with Crippen molar-refractivity contribution >= 4 is 28.6 Å². The fourth-order valence-electron chi connectivity index (χ4n) is 3.28. The minimum atomic E-state index is -0.960. The van der Waals surface area contributed by atoms with Gasteiger partial charge in [0.2, 0.25) is 0 Å². The first kappa shape index (κ1) is 27.0. The molecule has 0 saturated heterocycles. The molecule has 0 bridgehead atoms. The molecule has 1 aromatic rings. The average molecular weight is 566 g/mol. The second-order valence-electron chi connectivity index (χ2n) is 7.16. The lowest BCUT2D eigenvalue weighted by atomic mass is 9.94. The van der Waals surface area contributed by atoms with Crippen LogP contribution in [0.4, 0.5) is 0 Å². The van der Waals surface area contributed by atoms with Crippen molar-refractivity contribution in [3.8, 4) is 17.6 Å². The van der Waals surface area contributed by atoms with Crippen LogP contribution in [0, 0.1) is 15.4 Å². The van der Waals surface area contributed by atoms with Crippen molar-refractivity contribution in [2.24, 2.45) is 0 Å². The molecule has 0 aromatic heterocycles. The minimum absolute atomic E-state index is 0.311. The van der Waals surface area contributed by atoms with Gasteiger partial charge in [-0.3, -0.25) is 0 Å². The molecule has 6 nitrogen and oxygen atoms in total. The summed E-state index contributed by atoms with van der Waals surface area (Å²) in [6, 6.07) is 5.62. The third-order valence-corrected chi connectivity index (χ3v) is 5.54. The van der Waals surface area contributed by atoms with Gasteiger partial charge in [-0.05, 0) is 85.4 Å². The number of halogens is 1. The van der Waals surface area contributed by atoms with Gasteiger partial charge >= 0.3 is 5.97 Å². The molecule has 2 rings (SSSR count). The predicted octanol–water partition coefficient (Wildman–Crippen LogP) is 4.92. The maximum atomic E-state index is 11.3. The van der Waals surface area contributed by atoms with Crippen LogP contribution in [0.3, 0.4) is 0 Å². The Balaban J connectivity index is 1.93. The first-order valence-corrected chi connectivity index (χ1v) is 12.1. The number of carboxylic acid groups (broad SMARTS) is 1. The Bertz CT molecular complexity index is 940. The van der Waals surface area contributed by atoms with Crippen LogP contribution in [-0.4, -0.2) is 49.2 Å². The van der Waals surface area contributed by atoms with Crippen molar-refractivity contribution in [2.75, 3.05) is 26.4 Å². The Morgan fingerprint density at radius 3 is 2.73 bits per heavy atom. The highest BCUT2D eigenvalue weighted by Crippen LogP contribution is 2.27. The highest BCUT2D eigenvalue weighted by atomic mass is 127. The Morgan fingerprint density at radius 1 is 1.24 bits per heavy atom. The molecule has 0 aliphatic heterocycles. The zero-order valence-corrected chi connectivity index (χ0v) is 21.5. The van der Waals surface area contributed by atoms with Crippen molar-refractivity contribution < 1.29 is 28.8 Å². The van der Waals surface area contributed by atoms with E-state index in [1.165, 1.54) is 0 Å². The van der Waals surface area contributed by atoms with E-state index in [0.29, 0.717) is 39.3 Å². The van der Waals surface area contributed by atoms with Gasteiger partial charge in [0.1, 0.15) is 18.1 Å². The van der Waals surface area contributed by atoms with Gasteiger partial charge in [0, 0.05) is 26.1 Å². The van der Waals surface area contributed by atoms with Crippen LogP contribution in [-0.2, 0) is 25.4 Å². The Morgan fingerprint density at radius 2 is 2.06 bits per heavy atom. The van der Waals surface area contributed by atoms with Crippen molar-refractivity contribution in [1.82, 2.24) is 0 Å². The largest absolute Gasteiger partial charge is 0.498 e. The molecule has 0 spiro atoms. The van der Waals surface area contributed by atoms with Crippen LogP contribution in [0.5, 0.6) is 5.75 Å². The van der Waals surface area contributed by atoms with Gasteiger partial charge in [0.15, 0.2) is 11.7 Å². The van der Waals surface area contributed by atoms with Crippen LogP contribution < -0.4 is 4.74 Å². The highest BCUT2D eigenvalue weighted by Gasteiger charge is 2.29. The first-order chi connectivity index (χ1) is 15.9. The molecular weight excluding hydrogens is 535 g/mol. The maximum Gasteiger partial charge on any atom is 0.333 e. The van der Waals surface area contributed by atoms with Gasteiger partial charge in [-0.15, -0.1) is 0 Å². The number of allylic oxidation sites excluding steroid dienone is 3. The number of hydrogen-bond donors (Lipinski definition) is 1. The van der Waals surface area contributed by atoms with Gasteiger partial charge in [-0.2, -0.15) is 0 Å². The number of rotatable bonds is 12. The lowest BCUT2D eigenvalue weighted by Gasteiger charge is -2.28. The summed E-state index contributed by atoms with van der Waals surface area (Å²) < 4.78 is 23.6. The first-order valence-electron chi connectivity index (χ1n) is 11.0. The minimum Gasteiger partial charge on any atom is -0.498 e. The van der Waals surface area contributed by atoms with Gasteiger partial charge in [0.05, 0.1) is 10.2 Å². The highest BCUT2D eigenvalue weighted by molar-refractivity contribution is 14.1. The van der Waals surface area contributed by atoms with Crippen LogP contribution in [0.1, 0.15) is 32.8 Å². The second kappa shape index (κ2) is 14.1. The molecule has 33 heavy (non-hydrogen) atoms. The van der Waals surface area contributed by atoms with E-state index in [-0.39, 0.29) is 0 Å². The topological polar surface area (TPSA) is 74.2 Å². The summed E-state index contributed by atoms with van der Waals surface area (Å²) in [4.78, 5) is 11.3. The molecule has 0 heterocycles. The maximum absolute atomic E-state index is 11.3. The van der Waals surface area contributed by atoms with Crippen LogP contribution in [0.25, 0.3) is 0 Å². The Labute approximate surface area is 209 Å². The molecule has 1 aliphatic carbocycles. The number of benzene rings is 1. The lowest BCUT2D eigenvalue weighted by molar-refractivity contribution is -0.149. The quantitative estimate of drug-likeness (QED) is 0.286. The Hall–Kier alpha value is -2.28. The SMILES string of the molecule is CCOC1=CC=CC(C#C/C=C/COc2ccc(C[C@H](OCC)C(=O)O)cc2I)(OCC)C1. The zero-order valence-electron chi connectivity index (χ0n) is 19.3. The molecule has 178 valence electrons. The molecule has 0 fully saturated rings. The van der Waals surface area contributed by atoms with Crippen molar-refractivity contribution in [1.29, 1.82) is 0 Å². The molecular formula is C26H31IO6. The summed E-state index contributed by atoms with van der Waals surface area (Å²) in [6.45, 7) is 7.57. The predicted molar refractivity (Wildman–Crippen MR) is 136 cm³/mol. The van der Waals surface area contributed by atoms with E-state index >= 15 is 0 Å². The lowest BCUT2D eigenvalue weighted by Crippen LogP contribution is -2.31. The van der Waals surface area contributed by atoms with Gasteiger partial charge in [0.25, 0.3) is 0 Å². The molecule has 0 amide bonds. The molecule has 0 radical (unpaired) electrons. The number of carbonyl (C=O) groups is 1. The monoisotopic (exact) mass is 566 g/mol. The van der Waals surface area contributed by atoms with E-state index in [0.717, 1.165) is 20.6 Å². The van der Waals surface area contributed by atoms with Crippen LogP contribution >= 0.6 is 22.6 Å².